The van der Waals surface area contributed by atoms with Crippen molar-refractivity contribution >= 4 is 27.9 Å². The number of fused-ring (bicyclic) bond motifs is 3. The van der Waals surface area contributed by atoms with Gasteiger partial charge in [0.1, 0.15) is 0 Å². The minimum atomic E-state index is 0.0000723. The second-order valence-electron chi connectivity index (χ2n) is 7.14. The van der Waals surface area contributed by atoms with E-state index >= 15 is 0 Å². The molecule has 134 valence electrons. The summed E-state index contributed by atoms with van der Waals surface area (Å²) in [4.78, 5) is 14.8. The molecule has 1 aromatic carbocycles. The Bertz CT molecular complexity index is 867. The van der Waals surface area contributed by atoms with E-state index in [9.17, 15) is 4.79 Å². The Morgan fingerprint density at radius 3 is 2.44 bits per heavy atom. The molecular weight excluding hydrogens is 312 g/mol. The summed E-state index contributed by atoms with van der Waals surface area (Å²) in [6.07, 6.45) is 1.91. The molecule has 3 aromatic rings. The highest BCUT2D eigenvalue weighted by molar-refractivity contribution is 6.07. The number of benzene rings is 1. The molecule has 0 N–H and O–H groups in total. The van der Waals surface area contributed by atoms with E-state index in [1.54, 1.807) is 0 Å². The first-order chi connectivity index (χ1) is 12.1. The highest BCUT2D eigenvalue weighted by atomic mass is 16.3. The van der Waals surface area contributed by atoms with Crippen molar-refractivity contribution < 1.29 is 9.21 Å². The molecule has 0 spiro atoms. The van der Waals surface area contributed by atoms with Crippen molar-refractivity contribution in [3.63, 3.8) is 0 Å². The third-order valence-corrected chi connectivity index (χ3v) is 4.48. The van der Waals surface area contributed by atoms with E-state index in [0.717, 1.165) is 49.0 Å². The van der Waals surface area contributed by atoms with E-state index in [1.165, 1.54) is 5.52 Å². The van der Waals surface area contributed by atoms with E-state index in [1.807, 2.05) is 23.1 Å². The minimum Gasteiger partial charge on any atom is -0.449 e. The predicted molar refractivity (Wildman–Crippen MR) is 103 cm³/mol. The quantitative estimate of drug-likeness (QED) is 0.585. The number of carbonyl (C=O) groups excluding carboxylic acids is 1. The van der Waals surface area contributed by atoms with Crippen molar-refractivity contribution in [3.8, 4) is 0 Å². The number of rotatable bonds is 7. The molecule has 0 aliphatic carbocycles. The maximum atomic E-state index is 12.9. The Kier molecular flexibility index (Phi) is 5.16. The SMILES string of the molecule is CCCN(CCC)C(=O)c1cc2c(o1)c1ccccc1n2CC(C)C. The zero-order valence-corrected chi connectivity index (χ0v) is 15.7. The molecule has 0 saturated carbocycles. The summed E-state index contributed by atoms with van der Waals surface area (Å²) < 4.78 is 8.34. The summed E-state index contributed by atoms with van der Waals surface area (Å²) in [7, 11) is 0. The second-order valence-corrected chi connectivity index (χ2v) is 7.14. The molecule has 0 aliphatic rings. The molecule has 0 radical (unpaired) electrons. The Hall–Kier alpha value is -2.23. The molecule has 0 unspecified atom stereocenters. The van der Waals surface area contributed by atoms with Crippen LogP contribution in [0.1, 0.15) is 51.1 Å². The molecule has 0 bridgehead atoms. The van der Waals surface area contributed by atoms with Crippen molar-refractivity contribution in [2.24, 2.45) is 5.92 Å². The van der Waals surface area contributed by atoms with Gasteiger partial charge in [-0.05, 0) is 30.9 Å². The number of amides is 1. The topological polar surface area (TPSA) is 38.4 Å². The van der Waals surface area contributed by atoms with Crippen LogP contribution in [0.3, 0.4) is 0 Å². The number of carbonyl (C=O) groups is 1. The average Bonchev–Trinajstić information content (AvgIpc) is 3.13. The van der Waals surface area contributed by atoms with E-state index in [4.69, 9.17) is 4.42 Å². The van der Waals surface area contributed by atoms with Gasteiger partial charge in [0, 0.05) is 31.1 Å². The zero-order chi connectivity index (χ0) is 18.0. The normalized spacial score (nSPS) is 11.7. The molecule has 2 heterocycles. The van der Waals surface area contributed by atoms with Crippen LogP contribution in [0.25, 0.3) is 22.0 Å². The Labute approximate surface area is 149 Å². The molecule has 2 aromatic heterocycles. The molecule has 0 fully saturated rings. The van der Waals surface area contributed by atoms with Gasteiger partial charge in [0.2, 0.25) is 0 Å². The molecule has 0 atom stereocenters. The lowest BCUT2D eigenvalue weighted by Gasteiger charge is -2.19. The van der Waals surface area contributed by atoms with Crippen LogP contribution in [-0.4, -0.2) is 28.5 Å². The van der Waals surface area contributed by atoms with Gasteiger partial charge in [-0.25, -0.2) is 0 Å². The lowest BCUT2D eigenvalue weighted by molar-refractivity contribution is 0.0726. The first-order valence-electron chi connectivity index (χ1n) is 9.36. The Balaban J connectivity index is 2.09. The van der Waals surface area contributed by atoms with Crippen LogP contribution < -0.4 is 0 Å². The standard InChI is InChI=1S/C21H28N2O2/c1-5-11-22(12-6-2)21(24)19-13-18-20(25-19)16-9-7-8-10-17(16)23(18)14-15(3)4/h7-10,13,15H,5-6,11-12,14H2,1-4H3. The predicted octanol–water partition coefficient (Wildman–Crippen LogP) is 5.31. The van der Waals surface area contributed by atoms with Crippen LogP contribution in [0.2, 0.25) is 0 Å². The average molecular weight is 340 g/mol. The van der Waals surface area contributed by atoms with Gasteiger partial charge in [-0.1, -0.05) is 39.8 Å². The molecule has 3 rings (SSSR count). The Morgan fingerprint density at radius 1 is 1.12 bits per heavy atom. The van der Waals surface area contributed by atoms with Gasteiger partial charge in [0.15, 0.2) is 11.3 Å². The van der Waals surface area contributed by atoms with Gasteiger partial charge >= 0.3 is 0 Å². The van der Waals surface area contributed by atoms with E-state index < -0.39 is 0 Å². The smallest absolute Gasteiger partial charge is 0.289 e. The van der Waals surface area contributed by atoms with Crippen molar-refractivity contribution in [2.45, 2.75) is 47.1 Å². The molecule has 4 nitrogen and oxygen atoms in total. The maximum absolute atomic E-state index is 12.9. The van der Waals surface area contributed by atoms with Crippen LogP contribution in [0.5, 0.6) is 0 Å². The monoisotopic (exact) mass is 340 g/mol. The van der Waals surface area contributed by atoms with Gasteiger partial charge in [0.25, 0.3) is 5.91 Å². The van der Waals surface area contributed by atoms with Crippen molar-refractivity contribution in [1.82, 2.24) is 9.47 Å². The van der Waals surface area contributed by atoms with Crippen LogP contribution in [-0.2, 0) is 6.54 Å². The third-order valence-electron chi connectivity index (χ3n) is 4.48. The molecule has 25 heavy (non-hydrogen) atoms. The molecule has 0 saturated heterocycles. The molecule has 4 heteroatoms. The zero-order valence-electron chi connectivity index (χ0n) is 15.7. The summed E-state index contributed by atoms with van der Waals surface area (Å²) in [5.41, 5.74) is 3.02. The number of hydrogen-bond acceptors (Lipinski definition) is 2. The summed E-state index contributed by atoms with van der Waals surface area (Å²) in [6.45, 7) is 11.0. The van der Waals surface area contributed by atoms with Crippen LogP contribution in [0.15, 0.2) is 34.7 Å². The summed E-state index contributed by atoms with van der Waals surface area (Å²) >= 11 is 0. The number of hydrogen-bond donors (Lipinski definition) is 0. The summed E-state index contributed by atoms with van der Waals surface area (Å²) in [6, 6.07) is 10.2. The lowest BCUT2D eigenvalue weighted by atomic mass is 10.2. The maximum Gasteiger partial charge on any atom is 0.289 e. The first-order valence-corrected chi connectivity index (χ1v) is 9.36. The van der Waals surface area contributed by atoms with Gasteiger partial charge in [0.05, 0.1) is 11.0 Å². The largest absolute Gasteiger partial charge is 0.449 e. The first kappa shape index (κ1) is 17.6. The van der Waals surface area contributed by atoms with Gasteiger partial charge in [-0.15, -0.1) is 0 Å². The Morgan fingerprint density at radius 2 is 1.80 bits per heavy atom. The minimum absolute atomic E-state index is 0.0000723. The molecule has 1 amide bonds. The van der Waals surface area contributed by atoms with Gasteiger partial charge < -0.3 is 13.9 Å². The van der Waals surface area contributed by atoms with E-state index in [-0.39, 0.29) is 5.91 Å². The van der Waals surface area contributed by atoms with Crippen molar-refractivity contribution in [1.29, 1.82) is 0 Å². The number of aromatic nitrogens is 1. The van der Waals surface area contributed by atoms with Crippen LogP contribution in [0.4, 0.5) is 0 Å². The molecule has 0 aliphatic heterocycles. The van der Waals surface area contributed by atoms with E-state index in [0.29, 0.717) is 11.7 Å². The third kappa shape index (κ3) is 3.30. The number of furan rings is 1. The number of nitrogens with zero attached hydrogens (tertiary/aromatic N) is 2. The second kappa shape index (κ2) is 7.34. The highest BCUT2D eigenvalue weighted by Crippen LogP contribution is 2.32. The molecular formula is C21H28N2O2. The fraction of sp³-hybridized carbons (Fsp3) is 0.476. The lowest BCUT2D eigenvalue weighted by Crippen LogP contribution is -2.32. The van der Waals surface area contributed by atoms with Crippen molar-refractivity contribution in [3.05, 3.63) is 36.1 Å². The van der Waals surface area contributed by atoms with Crippen LogP contribution in [0, 0.1) is 5.92 Å². The van der Waals surface area contributed by atoms with Gasteiger partial charge in [-0.2, -0.15) is 0 Å². The van der Waals surface area contributed by atoms with Crippen molar-refractivity contribution in [2.75, 3.05) is 13.1 Å². The fourth-order valence-corrected chi connectivity index (χ4v) is 3.48. The van der Waals surface area contributed by atoms with Gasteiger partial charge in [-0.3, -0.25) is 4.79 Å². The fourth-order valence-electron chi connectivity index (χ4n) is 3.48. The highest BCUT2D eigenvalue weighted by Gasteiger charge is 2.22. The number of para-hydroxylation sites is 1. The van der Waals surface area contributed by atoms with Crippen LogP contribution >= 0.6 is 0 Å². The van der Waals surface area contributed by atoms with E-state index in [2.05, 4.69) is 44.4 Å². The summed E-state index contributed by atoms with van der Waals surface area (Å²) in [5.74, 6) is 0.972. The summed E-state index contributed by atoms with van der Waals surface area (Å²) in [5, 5.41) is 1.08.